The first-order valence-electron chi connectivity index (χ1n) is 4.47. The van der Waals surface area contributed by atoms with E-state index in [1.807, 2.05) is 0 Å². The smallest absolute Gasteiger partial charge is 0.192 e. The lowest BCUT2D eigenvalue weighted by Gasteiger charge is -2.15. The number of benzene rings is 1. The lowest BCUT2D eigenvalue weighted by molar-refractivity contribution is -0.138. The summed E-state index contributed by atoms with van der Waals surface area (Å²) in [6.45, 7) is 3.38. The van der Waals surface area contributed by atoms with E-state index in [-0.39, 0.29) is 17.0 Å². The van der Waals surface area contributed by atoms with Gasteiger partial charge in [-0.2, -0.15) is 18.4 Å². The van der Waals surface area contributed by atoms with Gasteiger partial charge < -0.3 is 0 Å². The van der Waals surface area contributed by atoms with E-state index < -0.39 is 11.7 Å². The fraction of sp³-hybridized carbons (Fsp3) is 0.364. The first kappa shape index (κ1) is 11.6. The summed E-state index contributed by atoms with van der Waals surface area (Å²) in [6.07, 6.45) is -4.40. The van der Waals surface area contributed by atoms with Crippen LogP contribution in [0.25, 0.3) is 0 Å². The Balaban J connectivity index is 3.37. The van der Waals surface area contributed by atoms with Gasteiger partial charge in [-0.05, 0) is 23.6 Å². The van der Waals surface area contributed by atoms with Crippen LogP contribution >= 0.6 is 0 Å². The van der Waals surface area contributed by atoms with Crippen LogP contribution in [0.2, 0.25) is 0 Å². The highest BCUT2D eigenvalue weighted by Crippen LogP contribution is 2.35. The Morgan fingerprint density at radius 1 is 1.27 bits per heavy atom. The monoisotopic (exact) mass is 213 g/mol. The first-order valence-corrected chi connectivity index (χ1v) is 4.47. The topological polar surface area (TPSA) is 23.8 Å². The first-order chi connectivity index (χ1) is 6.86. The van der Waals surface area contributed by atoms with Gasteiger partial charge in [0, 0.05) is 0 Å². The Hall–Kier alpha value is -1.50. The molecule has 0 bridgehead atoms. The molecule has 0 atom stereocenters. The highest BCUT2D eigenvalue weighted by molar-refractivity contribution is 5.41. The van der Waals surface area contributed by atoms with Crippen LogP contribution in [0.15, 0.2) is 18.2 Å². The Bertz CT molecular complexity index is 399. The van der Waals surface area contributed by atoms with E-state index >= 15 is 0 Å². The standard InChI is InChI=1S/C11H10F3N/c1-7(2)9-4-3-8(6-15)5-10(9)11(12,13)14/h3-5,7H,1-2H3. The van der Waals surface area contributed by atoms with Gasteiger partial charge in [0.25, 0.3) is 0 Å². The summed E-state index contributed by atoms with van der Waals surface area (Å²) in [6, 6.07) is 5.38. The third-order valence-electron chi connectivity index (χ3n) is 2.11. The van der Waals surface area contributed by atoms with Gasteiger partial charge in [-0.25, -0.2) is 0 Å². The van der Waals surface area contributed by atoms with Gasteiger partial charge in [0.05, 0.1) is 17.2 Å². The number of nitriles is 1. The van der Waals surface area contributed by atoms with Crippen molar-refractivity contribution in [1.29, 1.82) is 5.26 Å². The van der Waals surface area contributed by atoms with Gasteiger partial charge in [-0.15, -0.1) is 0 Å². The summed E-state index contributed by atoms with van der Waals surface area (Å²) in [7, 11) is 0. The Labute approximate surface area is 86.1 Å². The molecule has 1 nitrogen and oxygen atoms in total. The van der Waals surface area contributed by atoms with Gasteiger partial charge >= 0.3 is 6.18 Å². The Morgan fingerprint density at radius 3 is 2.27 bits per heavy atom. The van der Waals surface area contributed by atoms with Gasteiger partial charge in [0.15, 0.2) is 0 Å². The van der Waals surface area contributed by atoms with Crippen molar-refractivity contribution in [1.82, 2.24) is 0 Å². The molecule has 0 aliphatic rings. The van der Waals surface area contributed by atoms with E-state index in [0.717, 1.165) is 6.07 Å². The maximum Gasteiger partial charge on any atom is 0.416 e. The average Bonchev–Trinajstić information content (AvgIpc) is 2.15. The fourth-order valence-electron chi connectivity index (χ4n) is 1.37. The molecular weight excluding hydrogens is 203 g/mol. The van der Waals surface area contributed by atoms with Crippen LogP contribution in [-0.2, 0) is 6.18 Å². The minimum absolute atomic E-state index is 0.0340. The molecule has 1 aromatic carbocycles. The zero-order valence-corrected chi connectivity index (χ0v) is 8.39. The second kappa shape index (κ2) is 3.93. The van der Waals surface area contributed by atoms with Crippen LogP contribution < -0.4 is 0 Å². The van der Waals surface area contributed by atoms with Crippen molar-refractivity contribution < 1.29 is 13.2 Å². The number of alkyl halides is 3. The molecule has 15 heavy (non-hydrogen) atoms. The molecule has 0 saturated carbocycles. The number of nitrogens with zero attached hydrogens (tertiary/aromatic N) is 1. The SMILES string of the molecule is CC(C)c1ccc(C#N)cc1C(F)(F)F. The molecule has 0 fully saturated rings. The summed E-state index contributed by atoms with van der Waals surface area (Å²) >= 11 is 0. The zero-order valence-electron chi connectivity index (χ0n) is 8.39. The van der Waals surface area contributed by atoms with Crippen LogP contribution in [0, 0.1) is 11.3 Å². The molecule has 0 aliphatic heterocycles. The van der Waals surface area contributed by atoms with E-state index in [4.69, 9.17) is 5.26 Å². The van der Waals surface area contributed by atoms with Crippen molar-refractivity contribution in [2.45, 2.75) is 25.9 Å². The van der Waals surface area contributed by atoms with Crippen LogP contribution in [0.4, 0.5) is 13.2 Å². The van der Waals surface area contributed by atoms with Crippen LogP contribution in [-0.4, -0.2) is 0 Å². The normalized spacial score (nSPS) is 11.5. The minimum atomic E-state index is -4.40. The predicted molar refractivity (Wildman–Crippen MR) is 50.2 cm³/mol. The van der Waals surface area contributed by atoms with E-state index in [0.29, 0.717) is 0 Å². The van der Waals surface area contributed by atoms with Crippen molar-refractivity contribution in [3.63, 3.8) is 0 Å². The van der Waals surface area contributed by atoms with Crippen molar-refractivity contribution in [2.24, 2.45) is 0 Å². The number of halogens is 3. The van der Waals surface area contributed by atoms with Crippen LogP contribution in [0.5, 0.6) is 0 Å². The maximum atomic E-state index is 12.6. The lowest BCUT2D eigenvalue weighted by atomic mass is 9.95. The van der Waals surface area contributed by atoms with Gasteiger partial charge in [-0.3, -0.25) is 0 Å². The minimum Gasteiger partial charge on any atom is -0.192 e. The van der Waals surface area contributed by atoms with Crippen molar-refractivity contribution in [2.75, 3.05) is 0 Å². The second-order valence-corrected chi connectivity index (χ2v) is 3.57. The summed E-state index contributed by atoms with van der Waals surface area (Å²) in [4.78, 5) is 0. The molecule has 0 saturated heterocycles. The summed E-state index contributed by atoms with van der Waals surface area (Å²) in [5, 5.41) is 8.54. The zero-order chi connectivity index (χ0) is 11.6. The quantitative estimate of drug-likeness (QED) is 0.697. The number of rotatable bonds is 1. The van der Waals surface area contributed by atoms with Crippen molar-refractivity contribution in [3.05, 3.63) is 34.9 Å². The molecule has 1 rings (SSSR count). The second-order valence-electron chi connectivity index (χ2n) is 3.57. The molecule has 4 heteroatoms. The summed E-state index contributed by atoms with van der Waals surface area (Å²) < 4.78 is 37.8. The van der Waals surface area contributed by atoms with Gasteiger partial charge in [0.2, 0.25) is 0 Å². The Kier molecular flexibility index (Phi) is 3.04. The summed E-state index contributed by atoms with van der Waals surface area (Å²) in [5.74, 6) is -0.214. The third kappa shape index (κ3) is 2.50. The molecule has 0 unspecified atom stereocenters. The highest BCUT2D eigenvalue weighted by Gasteiger charge is 2.34. The molecule has 0 spiro atoms. The predicted octanol–water partition coefficient (Wildman–Crippen LogP) is 3.70. The van der Waals surface area contributed by atoms with Gasteiger partial charge in [-0.1, -0.05) is 19.9 Å². The van der Waals surface area contributed by atoms with Gasteiger partial charge in [0.1, 0.15) is 0 Å². The van der Waals surface area contributed by atoms with Crippen molar-refractivity contribution >= 4 is 0 Å². The molecule has 80 valence electrons. The van der Waals surface area contributed by atoms with E-state index in [1.165, 1.54) is 12.1 Å². The molecule has 0 heterocycles. The van der Waals surface area contributed by atoms with E-state index in [2.05, 4.69) is 0 Å². The molecule has 0 radical (unpaired) electrons. The molecular formula is C11H10F3N. The number of hydrogen-bond donors (Lipinski definition) is 0. The molecule has 0 N–H and O–H groups in total. The lowest BCUT2D eigenvalue weighted by Crippen LogP contribution is -2.10. The van der Waals surface area contributed by atoms with Crippen LogP contribution in [0.1, 0.15) is 36.5 Å². The maximum absolute atomic E-state index is 12.6. The average molecular weight is 213 g/mol. The fourth-order valence-corrected chi connectivity index (χ4v) is 1.37. The van der Waals surface area contributed by atoms with E-state index in [1.54, 1.807) is 19.9 Å². The largest absolute Gasteiger partial charge is 0.416 e. The third-order valence-corrected chi connectivity index (χ3v) is 2.11. The molecule has 0 aromatic heterocycles. The van der Waals surface area contributed by atoms with E-state index in [9.17, 15) is 13.2 Å². The van der Waals surface area contributed by atoms with Crippen molar-refractivity contribution in [3.8, 4) is 6.07 Å². The molecule has 0 amide bonds. The summed E-state index contributed by atoms with van der Waals surface area (Å²) in [5.41, 5.74) is -0.454. The number of hydrogen-bond acceptors (Lipinski definition) is 1. The molecule has 1 aromatic rings. The van der Waals surface area contributed by atoms with Crippen LogP contribution in [0.3, 0.4) is 0 Å². The highest BCUT2D eigenvalue weighted by atomic mass is 19.4. The Morgan fingerprint density at radius 2 is 1.87 bits per heavy atom. The molecule has 0 aliphatic carbocycles.